The number of benzene rings is 1. The molecule has 1 aromatic heterocycles. The van der Waals surface area contributed by atoms with Gasteiger partial charge in [-0.2, -0.15) is 5.10 Å². The van der Waals surface area contributed by atoms with Crippen molar-refractivity contribution in [2.75, 3.05) is 26.3 Å². The van der Waals surface area contributed by atoms with E-state index in [0.29, 0.717) is 44.7 Å². The molecule has 0 aliphatic carbocycles. The zero-order chi connectivity index (χ0) is 21.1. The van der Waals surface area contributed by atoms with Crippen LogP contribution in [0.1, 0.15) is 61.5 Å². The summed E-state index contributed by atoms with van der Waals surface area (Å²) < 4.78 is 11.4. The number of H-pyrrole nitrogens is 1. The monoisotopic (exact) mass is 413 g/mol. The van der Waals surface area contributed by atoms with E-state index in [1.54, 1.807) is 0 Å². The number of carbonyl (C=O) groups is 2. The molecule has 2 fully saturated rings. The van der Waals surface area contributed by atoms with Gasteiger partial charge in [0.05, 0.1) is 23.6 Å². The molecular formula is C23H31N3O4. The second kappa shape index (κ2) is 8.76. The lowest BCUT2D eigenvalue weighted by Crippen LogP contribution is -2.49. The Hall–Kier alpha value is -2.41. The molecular weight excluding hydrogens is 382 g/mol. The van der Waals surface area contributed by atoms with Crippen LogP contribution in [0.5, 0.6) is 0 Å². The van der Waals surface area contributed by atoms with Crippen LogP contribution in [0.15, 0.2) is 18.2 Å². The Balaban J connectivity index is 1.49. The lowest BCUT2D eigenvalue weighted by Gasteiger charge is -2.42. The average molecular weight is 414 g/mol. The van der Waals surface area contributed by atoms with Crippen molar-refractivity contribution in [3.63, 3.8) is 0 Å². The molecule has 1 N–H and O–H groups in total. The quantitative estimate of drug-likeness (QED) is 0.757. The zero-order valence-corrected chi connectivity index (χ0v) is 17.9. The number of nitrogens with zero attached hydrogens (tertiary/aromatic N) is 2. The molecule has 2 aromatic rings. The average Bonchev–Trinajstić information content (AvgIpc) is 3.17. The van der Waals surface area contributed by atoms with Gasteiger partial charge in [-0.1, -0.05) is 11.6 Å². The lowest BCUT2D eigenvalue weighted by molar-refractivity contribution is -0.162. The molecule has 0 unspecified atom stereocenters. The van der Waals surface area contributed by atoms with Gasteiger partial charge in [0.15, 0.2) is 5.69 Å². The minimum absolute atomic E-state index is 0.0850. The van der Waals surface area contributed by atoms with Crippen molar-refractivity contribution in [1.82, 2.24) is 15.1 Å². The molecule has 0 bridgehead atoms. The second-order valence-electron chi connectivity index (χ2n) is 8.61. The van der Waals surface area contributed by atoms with Gasteiger partial charge < -0.3 is 14.4 Å². The predicted molar refractivity (Wildman–Crippen MR) is 113 cm³/mol. The highest BCUT2D eigenvalue weighted by molar-refractivity contribution is 6.04. The fraction of sp³-hybridized carbons (Fsp3) is 0.609. The smallest absolute Gasteiger partial charge is 0.312 e. The molecule has 1 atom stereocenters. The van der Waals surface area contributed by atoms with Crippen molar-refractivity contribution >= 4 is 22.8 Å². The maximum Gasteiger partial charge on any atom is 0.312 e. The van der Waals surface area contributed by atoms with Crippen molar-refractivity contribution in [1.29, 1.82) is 0 Å². The van der Waals surface area contributed by atoms with E-state index in [2.05, 4.69) is 10.2 Å². The zero-order valence-electron chi connectivity index (χ0n) is 17.9. The first-order chi connectivity index (χ1) is 14.5. The van der Waals surface area contributed by atoms with Crippen LogP contribution < -0.4 is 0 Å². The van der Waals surface area contributed by atoms with Gasteiger partial charge in [-0.05, 0) is 64.5 Å². The van der Waals surface area contributed by atoms with E-state index >= 15 is 0 Å². The Morgan fingerprint density at radius 2 is 2.10 bits per heavy atom. The standard InChI is InChI=1S/C23H31N3O4/c1-3-29-22(28)23(15-17-6-4-5-13-30-17)9-11-26(12-10-23)21(27)20-18-14-16(2)7-8-19(18)24-25-20/h7-8,14,17H,3-6,9-13,15H2,1-2H3,(H,24,25)/t17-/m0/s1. The number of amides is 1. The van der Waals surface area contributed by atoms with Gasteiger partial charge in [-0.25, -0.2) is 0 Å². The molecule has 7 nitrogen and oxygen atoms in total. The van der Waals surface area contributed by atoms with Crippen molar-refractivity contribution in [3.05, 3.63) is 29.5 Å². The van der Waals surface area contributed by atoms with Gasteiger partial charge in [0.1, 0.15) is 0 Å². The van der Waals surface area contributed by atoms with E-state index in [0.717, 1.165) is 42.3 Å². The first kappa shape index (κ1) is 20.8. The maximum atomic E-state index is 13.2. The number of nitrogens with one attached hydrogen (secondary N) is 1. The fourth-order valence-electron chi connectivity index (χ4n) is 4.76. The first-order valence-corrected chi connectivity index (χ1v) is 11.1. The summed E-state index contributed by atoms with van der Waals surface area (Å²) in [6.45, 7) is 6.01. The molecule has 30 heavy (non-hydrogen) atoms. The van der Waals surface area contributed by atoms with Crippen molar-refractivity contribution in [2.45, 2.75) is 58.5 Å². The van der Waals surface area contributed by atoms with E-state index in [1.807, 2.05) is 36.9 Å². The molecule has 7 heteroatoms. The summed E-state index contributed by atoms with van der Waals surface area (Å²) in [4.78, 5) is 27.9. The van der Waals surface area contributed by atoms with Crippen molar-refractivity contribution in [2.24, 2.45) is 5.41 Å². The van der Waals surface area contributed by atoms with E-state index in [4.69, 9.17) is 9.47 Å². The lowest BCUT2D eigenvalue weighted by atomic mass is 9.73. The molecule has 0 spiro atoms. The third-order valence-electron chi connectivity index (χ3n) is 6.53. The normalized spacial score (nSPS) is 21.5. The highest BCUT2D eigenvalue weighted by Crippen LogP contribution is 2.40. The van der Waals surface area contributed by atoms with Crippen LogP contribution in [0.25, 0.3) is 10.9 Å². The molecule has 2 aliphatic rings. The van der Waals surface area contributed by atoms with Gasteiger partial charge in [0, 0.05) is 25.1 Å². The number of ether oxygens (including phenoxy) is 2. The highest BCUT2D eigenvalue weighted by atomic mass is 16.5. The Kier molecular flexibility index (Phi) is 6.09. The number of likely N-dealkylation sites (tertiary alicyclic amines) is 1. The van der Waals surface area contributed by atoms with Gasteiger partial charge in [0.2, 0.25) is 0 Å². The number of carbonyl (C=O) groups excluding carboxylic acids is 2. The minimum Gasteiger partial charge on any atom is -0.466 e. The number of rotatable bonds is 5. The molecule has 2 aliphatic heterocycles. The van der Waals surface area contributed by atoms with E-state index in [-0.39, 0.29) is 18.0 Å². The van der Waals surface area contributed by atoms with E-state index in [9.17, 15) is 9.59 Å². The van der Waals surface area contributed by atoms with Crippen LogP contribution in [0.4, 0.5) is 0 Å². The summed E-state index contributed by atoms with van der Waals surface area (Å²) in [5, 5.41) is 8.08. The Morgan fingerprint density at radius 1 is 1.30 bits per heavy atom. The van der Waals surface area contributed by atoms with E-state index < -0.39 is 5.41 Å². The SMILES string of the molecule is CCOC(=O)C1(C[C@@H]2CCCCO2)CCN(C(=O)c2n[nH]c3ccc(C)cc23)CC1. The van der Waals surface area contributed by atoms with Crippen LogP contribution in [0.3, 0.4) is 0 Å². The molecule has 0 saturated carbocycles. The minimum atomic E-state index is -0.570. The third kappa shape index (κ3) is 4.08. The number of hydrogen-bond donors (Lipinski definition) is 1. The number of aromatic nitrogens is 2. The topological polar surface area (TPSA) is 84.5 Å². The number of aromatic amines is 1. The molecule has 1 amide bonds. The van der Waals surface area contributed by atoms with Gasteiger partial charge in [-0.3, -0.25) is 14.7 Å². The van der Waals surface area contributed by atoms with Crippen LogP contribution in [-0.4, -0.2) is 59.4 Å². The summed E-state index contributed by atoms with van der Waals surface area (Å²) in [5.74, 6) is -0.231. The number of aryl methyl sites for hydroxylation is 1. The maximum absolute atomic E-state index is 13.2. The predicted octanol–water partition coefficient (Wildman–Crippen LogP) is 3.62. The van der Waals surface area contributed by atoms with Gasteiger partial charge in [0.25, 0.3) is 5.91 Å². The number of piperidine rings is 1. The van der Waals surface area contributed by atoms with Crippen LogP contribution in [0, 0.1) is 12.3 Å². The Labute approximate surface area is 177 Å². The van der Waals surface area contributed by atoms with Gasteiger partial charge in [-0.15, -0.1) is 0 Å². The number of esters is 1. The molecule has 0 radical (unpaired) electrons. The summed E-state index contributed by atoms with van der Waals surface area (Å²) in [6, 6.07) is 5.93. The Bertz CT molecular complexity index is 908. The molecule has 1 aromatic carbocycles. The number of fused-ring (bicyclic) bond motifs is 1. The first-order valence-electron chi connectivity index (χ1n) is 11.1. The number of hydrogen-bond acceptors (Lipinski definition) is 5. The van der Waals surface area contributed by atoms with Crippen molar-refractivity contribution in [3.8, 4) is 0 Å². The fourth-order valence-corrected chi connectivity index (χ4v) is 4.76. The second-order valence-corrected chi connectivity index (χ2v) is 8.61. The van der Waals surface area contributed by atoms with Crippen LogP contribution in [-0.2, 0) is 14.3 Å². The van der Waals surface area contributed by atoms with Crippen LogP contribution in [0.2, 0.25) is 0 Å². The largest absolute Gasteiger partial charge is 0.466 e. The van der Waals surface area contributed by atoms with Crippen LogP contribution >= 0.6 is 0 Å². The van der Waals surface area contributed by atoms with Gasteiger partial charge >= 0.3 is 5.97 Å². The molecule has 2 saturated heterocycles. The third-order valence-corrected chi connectivity index (χ3v) is 6.53. The molecule has 3 heterocycles. The molecule has 162 valence electrons. The summed E-state index contributed by atoms with van der Waals surface area (Å²) >= 11 is 0. The Morgan fingerprint density at radius 3 is 2.80 bits per heavy atom. The highest BCUT2D eigenvalue weighted by Gasteiger charge is 2.45. The van der Waals surface area contributed by atoms with E-state index in [1.165, 1.54) is 0 Å². The molecule has 4 rings (SSSR count). The summed E-state index contributed by atoms with van der Waals surface area (Å²) in [7, 11) is 0. The summed E-state index contributed by atoms with van der Waals surface area (Å²) in [6.07, 6.45) is 5.18. The summed E-state index contributed by atoms with van der Waals surface area (Å²) in [5.41, 5.74) is 1.83. The van der Waals surface area contributed by atoms with Crippen molar-refractivity contribution < 1.29 is 19.1 Å².